The zero-order valence-corrected chi connectivity index (χ0v) is 15.8. The van der Waals surface area contributed by atoms with Gasteiger partial charge in [-0.15, -0.1) is 0 Å². The summed E-state index contributed by atoms with van der Waals surface area (Å²) < 4.78 is 5.49. The van der Waals surface area contributed by atoms with E-state index in [1.165, 1.54) is 19.4 Å². The Hall–Kier alpha value is -0.850. The highest BCUT2D eigenvalue weighted by Crippen LogP contribution is 2.27. The third-order valence-electron chi connectivity index (χ3n) is 6.06. The molecule has 2 aliphatic heterocycles. The van der Waals surface area contributed by atoms with Crippen molar-refractivity contribution in [2.45, 2.75) is 63.0 Å². The summed E-state index contributed by atoms with van der Waals surface area (Å²) in [7, 11) is 1.81. The highest BCUT2D eigenvalue weighted by atomic mass is 16.5. The Morgan fingerprint density at radius 2 is 1.96 bits per heavy atom. The SMILES string of the molecule is CN=C(NCC1(O)CCCCC1)NC1CCN(CC2CCOC2)CC1. The van der Waals surface area contributed by atoms with Gasteiger partial charge in [0.25, 0.3) is 0 Å². The summed E-state index contributed by atoms with van der Waals surface area (Å²) in [6, 6.07) is 0.475. The summed E-state index contributed by atoms with van der Waals surface area (Å²) >= 11 is 0. The zero-order chi connectivity index (χ0) is 17.5. The lowest BCUT2D eigenvalue weighted by Gasteiger charge is -2.35. The second-order valence-electron chi connectivity index (χ2n) is 8.16. The van der Waals surface area contributed by atoms with Crippen molar-refractivity contribution in [1.29, 1.82) is 0 Å². The van der Waals surface area contributed by atoms with Crippen LogP contribution in [0.2, 0.25) is 0 Å². The van der Waals surface area contributed by atoms with E-state index in [2.05, 4.69) is 20.5 Å². The number of likely N-dealkylation sites (tertiary alicyclic amines) is 1. The lowest BCUT2D eigenvalue weighted by molar-refractivity contribution is 0.00852. The van der Waals surface area contributed by atoms with Gasteiger partial charge in [0.2, 0.25) is 0 Å². The van der Waals surface area contributed by atoms with Gasteiger partial charge in [0.15, 0.2) is 5.96 Å². The molecule has 3 rings (SSSR count). The van der Waals surface area contributed by atoms with Crippen LogP contribution in [0, 0.1) is 5.92 Å². The van der Waals surface area contributed by atoms with Crippen LogP contribution in [0.5, 0.6) is 0 Å². The first-order valence-corrected chi connectivity index (χ1v) is 10.2. The number of nitrogens with zero attached hydrogens (tertiary/aromatic N) is 2. The van der Waals surface area contributed by atoms with E-state index in [0.717, 1.165) is 76.7 Å². The van der Waals surface area contributed by atoms with Gasteiger partial charge in [0, 0.05) is 45.9 Å². The maximum Gasteiger partial charge on any atom is 0.191 e. The van der Waals surface area contributed by atoms with E-state index in [4.69, 9.17) is 4.74 Å². The average Bonchev–Trinajstić information content (AvgIpc) is 3.14. The fraction of sp³-hybridized carbons (Fsp3) is 0.947. The number of piperidine rings is 1. The molecule has 1 saturated carbocycles. The van der Waals surface area contributed by atoms with Crippen molar-refractivity contribution >= 4 is 5.96 Å². The van der Waals surface area contributed by atoms with Crippen molar-refractivity contribution in [1.82, 2.24) is 15.5 Å². The van der Waals surface area contributed by atoms with Crippen molar-refractivity contribution in [3.8, 4) is 0 Å². The van der Waals surface area contributed by atoms with E-state index in [1.807, 2.05) is 7.05 Å². The molecule has 0 aromatic heterocycles. The normalized spacial score (nSPS) is 28.9. The number of hydrogen-bond acceptors (Lipinski definition) is 4. The Morgan fingerprint density at radius 3 is 2.60 bits per heavy atom. The molecule has 6 nitrogen and oxygen atoms in total. The number of nitrogens with one attached hydrogen (secondary N) is 2. The van der Waals surface area contributed by atoms with Gasteiger partial charge in [-0.1, -0.05) is 19.3 Å². The fourth-order valence-corrected chi connectivity index (χ4v) is 4.38. The lowest BCUT2D eigenvalue weighted by atomic mass is 9.85. The van der Waals surface area contributed by atoms with Gasteiger partial charge in [-0.25, -0.2) is 0 Å². The largest absolute Gasteiger partial charge is 0.388 e. The van der Waals surface area contributed by atoms with Crippen LogP contribution >= 0.6 is 0 Å². The molecule has 6 heteroatoms. The predicted molar refractivity (Wildman–Crippen MR) is 101 cm³/mol. The maximum atomic E-state index is 10.6. The van der Waals surface area contributed by atoms with Crippen molar-refractivity contribution in [2.24, 2.45) is 10.9 Å². The van der Waals surface area contributed by atoms with E-state index < -0.39 is 5.60 Å². The molecular formula is C19H36N4O2. The molecule has 0 radical (unpaired) electrons. The van der Waals surface area contributed by atoms with Crippen LogP contribution in [0.4, 0.5) is 0 Å². The van der Waals surface area contributed by atoms with Crippen LogP contribution in [-0.4, -0.2) is 74.0 Å². The van der Waals surface area contributed by atoms with Crippen LogP contribution in [0.15, 0.2) is 4.99 Å². The van der Waals surface area contributed by atoms with Gasteiger partial charge in [0.1, 0.15) is 0 Å². The first kappa shape index (κ1) is 18.9. The molecular weight excluding hydrogens is 316 g/mol. The Balaban J connectivity index is 1.36. The standard InChI is InChI=1S/C19H36N4O2/c1-20-18(21-15-19(24)8-3-2-4-9-19)22-17-5-10-23(11-6-17)13-16-7-12-25-14-16/h16-17,24H,2-15H2,1H3,(H2,20,21,22). The molecule has 3 N–H and O–H groups in total. The molecule has 144 valence electrons. The number of ether oxygens (including phenoxy) is 1. The van der Waals surface area contributed by atoms with Crippen molar-refractivity contribution < 1.29 is 9.84 Å². The lowest BCUT2D eigenvalue weighted by Crippen LogP contribution is -2.52. The summed E-state index contributed by atoms with van der Waals surface area (Å²) in [6.07, 6.45) is 8.85. The second-order valence-corrected chi connectivity index (χ2v) is 8.16. The highest BCUT2D eigenvalue weighted by molar-refractivity contribution is 5.80. The summed E-state index contributed by atoms with van der Waals surface area (Å²) in [5.41, 5.74) is -0.553. The summed E-state index contributed by atoms with van der Waals surface area (Å²) in [6.45, 7) is 5.97. The number of hydrogen-bond donors (Lipinski definition) is 3. The van der Waals surface area contributed by atoms with Gasteiger partial charge < -0.3 is 25.4 Å². The minimum atomic E-state index is -0.553. The molecule has 1 aliphatic carbocycles. The van der Waals surface area contributed by atoms with E-state index >= 15 is 0 Å². The maximum absolute atomic E-state index is 10.6. The minimum absolute atomic E-state index is 0.475. The first-order valence-electron chi connectivity index (χ1n) is 10.2. The first-order chi connectivity index (χ1) is 12.2. The molecule has 1 unspecified atom stereocenters. The van der Waals surface area contributed by atoms with E-state index in [1.54, 1.807) is 0 Å². The quantitative estimate of drug-likeness (QED) is 0.515. The van der Waals surface area contributed by atoms with Crippen molar-refractivity contribution in [3.05, 3.63) is 0 Å². The van der Waals surface area contributed by atoms with Gasteiger partial charge in [-0.2, -0.15) is 0 Å². The molecule has 0 aromatic carbocycles. The predicted octanol–water partition coefficient (Wildman–Crippen LogP) is 1.35. The molecule has 0 amide bonds. The molecule has 3 fully saturated rings. The second kappa shape index (κ2) is 9.19. The molecule has 2 heterocycles. The number of guanidine groups is 1. The summed E-state index contributed by atoms with van der Waals surface area (Å²) in [5.74, 6) is 1.57. The van der Waals surface area contributed by atoms with Gasteiger partial charge in [-0.05, 0) is 38.0 Å². The number of aliphatic imine (C=N–C) groups is 1. The fourth-order valence-electron chi connectivity index (χ4n) is 4.38. The molecule has 0 spiro atoms. The van der Waals surface area contributed by atoms with Crippen molar-refractivity contribution in [3.63, 3.8) is 0 Å². The topological polar surface area (TPSA) is 69.1 Å². The average molecular weight is 353 g/mol. The van der Waals surface area contributed by atoms with Crippen LogP contribution < -0.4 is 10.6 Å². The molecule has 3 aliphatic rings. The highest BCUT2D eigenvalue weighted by Gasteiger charge is 2.29. The van der Waals surface area contributed by atoms with Crippen LogP contribution in [0.25, 0.3) is 0 Å². The Bertz CT molecular complexity index is 423. The molecule has 2 saturated heterocycles. The molecule has 1 atom stereocenters. The Morgan fingerprint density at radius 1 is 1.20 bits per heavy atom. The zero-order valence-electron chi connectivity index (χ0n) is 15.8. The monoisotopic (exact) mass is 352 g/mol. The summed E-state index contributed by atoms with van der Waals surface area (Å²) in [5, 5.41) is 17.5. The van der Waals surface area contributed by atoms with E-state index in [-0.39, 0.29) is 0 Å². The molecule has 25 heavy (non-hydrogen) atoms. The van der Waals surface area contributed by atoms with Crippen LogP contribution in [-0.2, 0) is 4.74 Å². The third-order valence-corrected chi connectivity index (χ3v) is 6.06. The van der Waals surface area contributed by atoms with Gasteiger partial charge >= 0.3 is 0 Å². The van der Waals surface area contributed by atoms with E-state index in [9.17, 15) is 5.11 Å². The minimum Gasteiger partial charge on any atom is -0.388 e. The Labute approximate surface area is 152 Å². The van der Waals surface area contributed by atoms with Crippen LogP contribution in [0.1, 0.15) is 51.4 Å². The van der Waals surface area contributed by atoms with Gasteiger partial charge in [0.05, 0.1) is 12.2 Å². The molecule has 0 aromatic rings. The van der Waals surface area contributed by atoms with Crippen LogP contribution in [0.3, 0.4) is 0 Å². The summed E-state index contributed by atoms with van der Waals surface area (Å²) in [4.78, 5) is 6.93. The van der Waals surface area contributed by atoms with Crippen molar-refractivity contribution in [2.75, 3.05) is 46.4 Å². The smallest absolute Gasteiger partial charge is 0.191 e. The van der Waals surface area contributed by atoms with Gasteiger partial charge in [-0.3, -0.25) is 4.99 Å². The molecule has 0 bridgehead atoms. The third kappa shape index (κ3) is 5.83. The van der Waals surface area contributed by atoms with E-state index in [0.29, 0.717) is 12.6 Å². The number of aliphatic hydroxyl groups is 1. The Kier molecular flexibility index (Phi) is 6.96. The number of rotatable bonds is 5.